The first-order valence-corrected chi connectivity index (χ1v) is 13.5. The Morgan fingerprint density at radius 3 is 2.46 bits per heavy atom. The lowest BCUT2D eigenvalue weighted by Crippen LogP contribution is -2.27. The number of likely N-dealkylation sites (N-methyl/N-ethyl adjacent to an activating group) is 1. The first-order valence-electron chi connectivity index (χ1n) is 13.5. The Morgan fingerprint density at radius 1 is 0.976 bits per heavy atom. The smallest absolute Gasteiger partial charge is 0.291 e. The Kier molecular flexibility index (Phi) is 6.80. The molecule has 0 radical (unpaired) electrons. The van der Waals surface area contributed by atoms with E-state index in [2.05, 4.69) is 56.6 Å². The van der Waals surface area contributed by atoms with E-state index in [1.54, 1.807) is 18.5 Å². The van der Waals surface area contributed by atoms with Crippen LogP contribution in [0.5, 0.6) is 0 Å². The standard InChI is InChI=1S/C32H31N7O2/c1-19-23(7-5-9-25(19)35-30-29-22(11-13-33-30)15-21(18-40)16-34-29)24-8-6-10-26(20(24)2)37-32(41)31-36-27-17-38(3)14-12-28(27)39(31)4/h5-11,13,15-16,18H,12,14,17H2,1-4H3,(H,33,35)(H,37,41). The number of aromatic nitrogens is 4. The lowest BCUT2D eigenvalue weighted by Gasteiger charge is -2.21. The number of benzene rings is 2. The number of pyridine rings is 2. The summed E-state index contributed by atoms with van der Waals surface area (Å²) in [6.45, 7) is 5.78. The SMILES string of the molecule is Cc1c(NC(=O)c2nc3c(n2C)CCN(C)C3)cccc1-c1cccc(Nc2nccc3cc(C=O)cnc23)c1C. The first-order chi connectivity index (χ1) is 19.8. The zero-order valence-corrected chi connectivity index (χ0v) is 23.5. The monoisotopic (exact) mass is 545 g/mol. The summed E-state index contributed by atoms with van der Waals surface area (Å²) in [7, 11) is 3.98. The molecule has 1 aliphatic rings. The molecule has 1 amide bonds. The zero-order valence-electron chi connectivity index (χ0n) is 23.5. The fourth-order valence-electron chi connectivity index (χ4n) is 5.53. The molecule has 0 saturated heterocycles. The number of amides is 1. The summed E-state index contributed by atoms with van der Waals surface area (Å²) in [5.41, 5.74) is 8.98. The van der Waals surface area contributed by atoms with Crippen molar-refractivity contribution in [3.05, 3.63) is 94.8 Å². The van der Waals surface area contributed by atoms with Crippen LogP contribution < -0.4 is 10.6 Å². The predicted molar refractivity (Wildman–Crippen MR) is 161 cm³/mol. The van der Waals surface area contributed by atoms with Gasteiger partial charge in [0.05, 0.1) is 5.69 Å². The van der Waals surface area contributed by atoms with Crippen molar-refractivity contribution >= 4 is 40.3 Å². The number of carbonyl (C=O) groups is 2. The molecule has 9 heteroatoms. The molecule has 0 aliphatic carbocycles. The van der Waals surface area contributed by atoms with E-state index in [0.717, 1.165) is 76.2 Å². The summed E-state index contributed by atoms with van der Waals surface area (Å²) < 4.78 is 1.92. The maximum Gasteiger partial charge on any atom is 0.291 e. The fourth-order valence-corrected chi connectivity index (χ4v) is 5.53. The number of anilines is 3. The Balaban J connectivity index is 1.30. The van der Waals surface area contributed by atoms with Crippen molar-refractivity contribution < 1.29 is 9.59 Å². The topological polar surface area (TPSA) is 105 Å². The number of carbonyl (C=O) groups excluding carboxylic acids is 2. The van der Waals surface area contributed by atoms with E-state index < -0.39 is 0 Å². The molecule has 1 aliphatic heterocycles. The number of hydrogen-bond acceptors (Lipinski definition) is 7. The summed E-state index contributed by atoms with van der Waals surface area (Å²) >= 11 is 0. The summed E-state index contributed by atoms with van der Waals surface area (Å²) in [5.74, 6) is 0.819. The van der Waals surface area contributed by atoms with Gasteiger partial charge in [0.25, 0.3) is 5.91 Å². The number of fused-ring (bicyclic) bond motifs is 2. The molecule has 0 spiro atoms. The minimum absolute atomic E-state index is 0.218. The van der Waals surface area contributed by atoms with Crippen molar-refractivity contribution in [3.8, 4) is 11.1 Å². The van der Waals surface area contributed by atoms with Crippen LogP contribution in [0.2, 0.25) is 0 Å². The van der Waals surface area contributed by atoms with Gasteiger partial charge in [-0.2, -0.15) is 0 Å². The number of nitrogens with one attached hydrogen (secondary N) is 2. The average molecular weight is 546 g/mol. The Labute approximate surface area is 238 Å². The highest BCUT2D eigenvalue weighted by atomic mass is 16.2. The third kappa shape index (κ3) is 4.85. The molecule has 206 valence electrons. The van der Waals surface area contributed by atoms with Crippen molar-refractivity contribution in [2.24, 2.45) is 7.05 Å². The molecule has 0 saturated carbocycles. The summed E-state index contributed by atoms with van der Waals surface area (Å²) in [6.07, 6.45) is 4.92. The zero-order chi connectivity index (χ0) is 28.7. The molecule has 2 N–H and O–H groups in total. The highest BCUT2D eigenvalue weighted by Crippen LogP contribution is 2.35. The molecule has 0 unspecified atom stereocenters. The van der Waals surface area contributed by atoms with Gasteiger partial charge in [0, 0.05) is 67.0 Å². The number of hydrogen-bond donors (Lipinski definition) is 2. The molecular formula is C32H31N7O2. The molecule has 0 atom stereocenters. The molecule has 6 rings (SSSR count). The highest BCUT2D eigenvalue weighted by Gasteiger charge is 2.24. The van der Waals surface area contributed by atoms with Crippen molar-refractivity contribution in [2.45, 2.75) is 26.8 Å². The van der Waals surface area contributed by atoms with Gasteiger partial charge in [-0.15, -0.1) is 0 Å². The van der Waals surface area contributed by atoms with Gasteiger partial charge in [0.15, 0.2) is 17.9 Å². The summed E-state index contributed by atoms with van der Waals surface area (Å²) in [6, 6.07) is 15.6. The first kappa shape index (κ1) is 26.3. The van der Waals surface area contributed by atoms with Crippen molar-refractivity contribution in [1.82, 2.24) is 24.4 Å². The maximum absolute atomic E-state index is 13.4. The van der Waals surface area contributed by atoms with Gasteiger partial charge in [0.2, 0.25) is 0 Å². The van der Waals surface area contributed by atoms with Crippen LogP contribution in [0.15, 0.2) is 60.9 Å². The fraction of sp³-hybridized carbons (Fsp3) is 0.219. The second-order valence-corrected chi connectivity index (χ2v) is 10.5. The van der Waals surface area contributed by atoms with Crippen molar-refractivity contribution in [3.63, 3.8) is 0 Å². The van der Waals surface area contributed by atoms with Crippen molar-refractivity contribution in [1.29, 1.82) is 0 Å². The van der Waals surface area contributed by atoms with Crippen LogP contribution in [-0.4, -0.2) is 50.2 Å². The minimum atomic E-state index is -0.218. The minimum Gasteiger partial charge on any atom is -0.338 e. The molecule has 2 aromatic carbocycles. The average Bonchev–Trinajstić information content (AvgIpc) is 3.30. The molecular weight excluding hydrogens is 514 g/mol. The molecule has 0 fully saturated rings. The van der Waals surface area contributed by atoms with Gasteiger partial charge >= 0.3 is 0 Å². The summed E-state index contributed by atoms with van der Waals surface area (Å²) in [4.78, 5) is 40.4. The molecule has 4 heterocycles. The Bertz CT molecular complexity index is 1830. The maximum atomic E-state index is 13.4. The van der Waals surface area contributed by atoms with Crippen LogP contribution >= 0.6 is 0 Å². The van der Waals surface area contributed by atoms with E-state index >= 15 is 0 Å². The van der Waals surface area contributed by atoms with Crippen LogP contribution in [0.25, 0.3) is 22.0 Å². The Hall–Kier alpha value is -4.89. The van der Waals surface area contributed by atoms with Gasteiger partial charge in [-0.3, -0.25) is 14.6 Å². The molecule has 3 aromatic heterocycles. The highest BCUT2D eigenvalue weighted by molar-refractivity contribution is 6.03. The van der Waals surface area contributed by atoms with E-state index in [1.165, 1.54) is 0 Å². The normalized spacial score (nSPS) is 13.2. The van der Waals surface area contributed by atoms with Gasteiger partial charge in [-0.25, -0.2) is 9.97 Å². The van der Waals surface area contributed by atoms with E-state index in [1.807, 2.05) is 48.9 Å². The number of rotatable bonds is 6. The van der Waals surface area contributed by atoms with Crippen LogP contribution in [0, 0.1) is 13.8 Å². The molecule has 41 heavy (non-hydrogen) atoms. The van der Waals surface area contributed by atoms with E-state index in [9.17, 15) is 9.59 Å². The third-order valence-corrected chi connectivity index (χ3v) is 7.87. The van der Waals surface area contributed by atoms with Gasteiger partial charge < -0.3 is 20.1 Å². The summed E-state index contributed by atoms with van der Waals surface area (Å²) in [5, 5.41) is 7.38. The lowest BCUT2D eigenvalue weighted by molar-refractivity contribution is 0.101. The van der Waals surface area contributed by atoms with Crippen LogP contribution in [0.3, 0.4) is 0 Å². The number of imidazole rings is 1. The van der Waals surface area contributed by atoms with Crippen LogP contribution in [0.4, 0.5) is 17.2 Å². The van der Waals surface area contributed by atoms with E-state index in [0.29, 0.717) is 22.7 Å². The quantitative estimate of drug-likeness (QED) is 0.274. The van der Waals surface area contributed by atoms with E-state index in [-0.39, 0.29) is 5.91 Å². The van der Waals surface area contributed by atoms with Gasteiger partial charge in [-0.05, 0) is 67.4 Å². The molecule has 5 aromatic rings. The number of nitrogens with zero attached hydrogens (tertiary/aromatic N) is 5. The van der Waals surface area contributed by atoms with Crippen LogP contribution in [0.1, 0.15) is 43.5 Å². The van der Waals surface area contributed by atoms with Crippen molar-refractivity contribution in [2.75, 3.05) is 24.2 Å². The molecule has 0 bridgehead atoms. The third-order valence-electron chi connectivity index (χ3n) is 7.87. The van der Waals surface area contributed by atoms with Gasteiger partial charge in [-0.1, -0.05) is 24.3 Å². The lowest BCUT2D eigenvalue weighted by atomic mass is 9.94. The second kappa shape index (κ2) is 10.6. The largest absolute Gasteiger partial charge is 0.338 e. The van der Waals surface area contributed by atoms with E-state index in [4.69, 9.17) is 0 Å². The molecule has 9 nitrogen and oxygen atoms in total. The number of aldehydes is 1. The predicted octanol–water partition coefficient (Wildman–Crippen LogP) is 5.44. The Morgan fingerprint density at radius 2 is 1.71 bits per heavy atom. The van der Waals surface area contributed by atoms with Gasteiger partial charge in [0.1, 0.15) is 5.52 Å². The van der Waals surface area contributed by atoms with Crippen LogP contribution in [-0.2, 0) is 20.0 Å². The second-order valence-electron chi connectivity index (χ2n) is 10.5.